The van der Waals surface area contributed by atoms with E-state index >= 15 is 0 Å². The molecule has 0 fully saturated rings. The van der Waals surface area contributed by atoms with E-state index in [1.54, 1.807) is 0 Å². The first-order valence-electron chi connectivity index (χ1n) is 17.4. The Balaban J connectivity index is 1.11. The summed E-state index contributed by atoms with van der Waals surface area (Å²) in [4.78, 5) is 2.36. The number of hydrogen-bond acceptors (Lipinski definition) is 1. The number of nitrogens with zero attached hydrogens (tertiary/aromatic N) is 3. The molecule has 0 atom stereocenters. The third-order valence-electron chi connectivity index (χ3n) is 10.1. The van der Waals surface area contributed by atoms with Crippen LogP contribution in [-0.2, 0) is 0 Å². The minimum Gasteiger partial charge on any atom is -0.310 e. The van der Waals surface area contributed by atoms with Crippen LogP contribution in [0.3, 0.4) is 0 Å². The normalized spacial score (nSPS) is 11.5. The molecule has 8 aromatic carbocycles. The Hall–Kier alpha value is -6.84. The zero-order valence-corrected chi connectivity index (χ0v) is 27.9. The van der Waals surface area contributed by atoms with Gasteiger partial charge >= 0.3 is 0 Å². The molecule has 0 aliphatic heterocycles. The van der Waals surface area contributed by atoms with Gasteiger partial charge in [-0.05, 0) is 96.1 Å². The van der Waals surface area contributed by atoms with E-state index in [0.717, 1.165) is 28.4 Å². The van der Waals surface area contributed by atoms with E-state index in [1.165, 1.54) is 54.7 Å². The lowest BCUT2D eigenvalue weighted by atomic mass is 10.0. The average molecular weight is 652 g/mol. The average Bonchev–Trinajstić information content (AvgIpc) is 3.72. The van der Waals surface area contributed by atoms with E-state index < -0.39 is 0 Å². The summed E-state index contributed by atoms with van der Waals surface area (Å²) in [5.74, 6) is 0. The van der Waals surface area contributed by atoms with Crippen molar-refractivity contribution in [3.8, 4) is 22.5 Å². The van der Waals surface area contributed by atoms with Crippen LogP contribution in [0.4, 0.5) is 17.1 Å². The van der Waals surface area contributed by atoms with Crippen molar-refractivity contribution in [3.63, 3.8) is 0 Å². The van der Waals surface area contributed by atoms with Crippen LogP contribution in [0.5, 0.6) is 0 Å². The second kappa shape index (κ2) is 11.9. The highest BCUT2D eigenvalue weighted by molar-refractivity contribution is 6.10. The van der Waals surface area contributed by atoms with Crippen LogP contribution in [-0.4, -0.2) is 9.13 Å². The molecule has 0 bridgehead atoms. The second-order valence-electron chi connectivity index (χ2n) is 13.0. The molecule has 2 aromatic heterocycles. The lowest BCUT2D eigenvalue weighted by molar-refractivity contribution is 1.17. The van der Waals surface area contributed by atoms with Crippen molar-refractivity contribution in [1.82, 2.24) is 9.13 Å². The molecule has 3 heteroatoms. The monoisotopic (exact) mass is 651 g/mol. The van der Waals surface area contributed by atoms with E-state index in [-0.39, 0.29) is 0 Å². The number of aromatic nitrogens is 2. The first kappa shape index (κ1) is 29.1. The van der Waals surface area contributed by atoms with Crippen molar-refractivity contribution in [3.05, 3.63) is 200 Å². The molecule has 0 aliphatic rings. The van der Waals surface area contributed by atoms with Gasteiger partial charge in [0.15, 0.2) is 0 Å². The molecule has 0 amide bonds. The zero-order valence-electron chi connectivity index (χ0n) is 27.9. The maximum Gasteiger partial charge on any atom is 0.0541 e. The van der Waals surface area contributed by atoms with Gasteiger partial charge in [-0.1, -0.05) is 115 Å². The first-order chi connectivity index (χ1) is 25.3. The molecule has 2 heterocycles. The molecule has 0 saturated heterocycles. The van der Waals surface area contributed by atoms with Gasteiger partial charge in [-0.15, -0.1) is 0 Å². The summed E-state index contributed by atoms with van der Waals surface area (Å²) >= 11 is 0. The van der Waals surface area contributed by atoms with E-state index in [2.05, 4.69) is 214 Å². The maximum absolute atomic E-state index is 2.37. The van der Waals surface area contributed by atoms with Crippen LogP contribution >= 0.6 is 0 Å². The second-order valence-corrected chi connectivity index (χ2v) is 13.0. The molecule has 240 valence electrons. The fraction of sp³-hybridized carbons (Fsp3) is 0. The largest absolute Gasteiger partial charge is 0.310 e. The molecule has 51 heavy (non-hydrogen) atoms. The lowest BCUT2D eigenvalue weighted by Crippen LogP contribution is -2.10. The fourth-order valence-corrected chi connectivity index (χ4v) is 7.81. The third-order valence-corrected chi connectivity index (χ3v) is 10.1. The summed E-state index contributed by atoms with van der Waals surface area (Å²) in [7, 11) is 0. The highest BCUT2D eigenvalue weighted by Crippen LogP contribution is 2.39. The molecule has 0 saturated carbocycles. The number of hydrogen-bond donors (Lipinski definition) is 0. The van der Waals surface area contributed by atoms with Gasteiger partial charge in [0.2, 0.25) is 0 Å². The molecule has 10 rings (SSSR count). The van der Waals surface area contributed by atoms with Gasteiger partial charge in [-0.25, -0.2) is 0 Å². The Morgan fingerprint density at radius 3 is 1.08 bits per heavy atom. The van der Waals surface area contributed by atoms with Crippen LogP contribution < -0.4 is 4.90 Å². The van der Waals surface area contributed by atoms with Crippen molar-refractivity contribution in [2.75, 3.05) is 4.90 Å². The molecule has 0 N–H and O–H groups in total. The number of benzene rings is 8. The van der Waals surface area contributed by atoms with Gasteiger partial charge in [-0.3, -0.25) is 0 Å². The van der Waals surface area contributed by atoms with E-state index in [9.17, 15) is 0 Å². The smallest absolute Gasteiger partial charge is 0.0541 e. The zero-order chi connectivity index (χ0) is 33.7. The SMILES string of the molecule is c1ccc(-c2cccc(N(c3ccc(-n4c5ccccc5c5ccccc54)cc3)c3ccc(-n4c5ccccc5c5ccccc54)cc3)c2)cc1. The summed E-state index contributed by atoms with van der Waals surface area (Å²) in [6.45, 7) is 0. The van der Waals surface area contributed by atoms with Crippen molar-refractivity contribution in [2.45, 2.75) is 0 Å². The Labute approximate surface area is 296 Å². The number of rotatable bonds is 6. The van der Waals surface area contributed by atoms with Gasteiger partial charge < -0.3 is 14.0 Å². The summed E-state index contributed by atoms with van der Waals surface area (Å²) in [6.07, 6.45) is 0. The Morgan fingerprint density at radius 1 is 0.275 bits per heavy atom. The number of anilines is 3. The van der Waals surface area contributed by atoms with Crippen LogP contribution in [0.1, 0.15) is 0 Å². The molecule has 0 aliphatic carbocycles. The van der Waals surface area contributed by atoms with E-state index in [1.807, 2.05) is 0 Å². The molecule has 3 nitrogen and oxygen atoms in total. The Bertz CT molecular complexity index is 2580. The predicted octanol–water partition coefficient (Wildman–Crippen LogP) is 13.0. The van der Waals surface area contributed by atoms with Gasteiger partial charge in [0.1, 0.15) is 0 Å². The predicted molar refractivity (Wildman–Crippen MR) is 215 cm³/mol. The topological polar surface area (TPSA) is 13.1 Å². The summed E-state index contributed by atoms with van der Waals surface area (Å²) < 4.78 is 4.74. The van der Waals surface area contributed by atoms with E-state index in [0.29, 0.717) is 0 Å². The van der Waals surface area contributed by atoms with Gasteiger partial charge in [-0.2, -0.15) is 0 Å². The standard InChI is InChI=1S/C48H33N3/c1-2-13-34(14-3-1)35-15-12-16-40(33-35)49(36-25-29-38(30-26-36)50-45-21-8-4-17-41(45)42-18-5-9-22-46(42)50)37-27-31-39(32-28-37)51-47-23-10-6-19-43(47)44-20-7-11-24-48(44)51/h1-33H. The van der Waals surface area contributed by atoms with Crippen LogP contribution in [0.15, 0.2) is 200 Å². The van der Waals surface area contributed by atoms with Crippen LogP contribution in [0.25, 0.3) is 66.1 Å². The highest BCUT2D eigenvalue weighted by atomic mass is 15.1. The lowest BCUT2D eigenvalue weighted by Gasteiger charge is -2.26. The summed E-state index contributed by atoms with van der Waals surface area (Å²) in [5, 5.41) is 5.06. The molecule has 0 radical (unpaired) electrons. The summed E-state index contributed by atoms with van der Waals surface area (Å²) in [5.41, 5.74) is 12.8. The van der Waals surface area contributed by atoms with Gasteiger partial charge in [0, 0.05) is 50.0 Å². The first-order valence-corrected chi connectivity index (χ1v) is 17.4. The van der Waals surface area contributed by atoms with Crippen molar-refractivity contribution in [1.29, 1.82) is 0 Å². The molecule has 0 spiro atoms. The van der Waals surface area contributed by atoms with Gasteiger partial charge in [0.05, 0.1) is 22.1 Å². The number of fused-ring (bicyclic) bond motifs is 6. The fourth-order valence-electron chi connectivity index (χ4n) is 7.81. The highest BCUT2D eigenvalue weighted by Gasteiger charge is 2.17. The third kappa shape index (κ3) is 4.82. The minimum absolute atomic E-state index is 1.09. The molecule has 10 aromatic rings. The maximum atomic E-state index is 2.37. The van der Waals surface area contributed by atoms with Crippen LogP contribution in [0, 0.1) is 0 Å². The van der Waals surface area contributed by atoms with E-state index in [4.69, 9.17) is 0 Å². The molecule has 0 unspecified atom stereocenters. The summed E-state index contributed by atoms with van der Waals surface area (Å²) in [6, 6.07) is 72.1. The van der Waals surface area contributed by atoms with Crippen molar-refractivity contribution >= 4 is 60.7 Å². The Kier molecular flexibility index (Phi) is 6.81. The van der Waals surface area contributed by atoms with Gasteiger partial charge in [0.25, 0.3) is 0 Å². The van der Waals surface area contributed by atoms with Crippen LogP contribution in [0.2, 0.25) is 0 Å². The quantitative estimate of drug-likeness (QED) is 0.174. The molecular formula is C48H33N3. The molecular weight excluding hydrogens is 619 g/mol. The number of para-hydroxylation sites is 4. The van der Waals surface area contributed by atoms with Crippen molar-refractivity contribution in [2.24, 2.45) is 0 Å². The Morgan fingerprint density at radius 2 is 0.647 bits per heavy atom. The van der Waals surface area contributed by atoms with Crippen molar-refractivity contribution < 1.29 is 0 Å². The minimum atomic E-state index is 1.09.